The summed E-state index contributed by atoms with van der Waals surface area (Å²) in [6.45, 7) is 4.29. The number of ether oxygens (including phenoxy) is 4. The van der Waals surface area contributed by atoms with Gasteiger partial charge in [-0.15, -0.1) is 0 Å². The molecular weight excluding hydrogens is 648 g/mol. The molecule has 0 bridgehead atoms. The van der Waals surface area contributed by atoms with Crippen LogP contribution in [0.4, 0.5) is 0 Å². The van der Waals surface area contributed by atoms with Crippen molar-refractivity contribution in [3.8, 4) is 23.0 Å². The lowest BCUT2D eigenvalue weighted by atomic mass is 9.66. The van der Waals surface area contributed by atoms with E-state index >= 15 is 0 Å². The fourth-order valence-electron chi connectivity index (χ4n) is 5.53. The third kappa shape index (κ3) is 8.91. The van der Waals surface area contributed by atoms with Gasteiger partial charge in [-0.05, 0) is 77.2 Å². The zero-order valence-corrected chi connectivity index (χ0v) is 27.3. The summed E-state index contributed by atoms with van der Waals surface area (Å²) in [6, 6.07) is 31.7. The smallest absolute Gasteiger partial charge is 0.165 e. The van der Waals surface area contributed by atoms with Crippen LogP contribution in [0.5, 0.6) is 23.0 Å². The number of hydrogen-bond donors (Lipinski definition) is 0. The van der Waals surface area contributed by atoms with Crippen molar-refractivity contribution in [1.29, 1.82) is 0 Å². The Bertz CT molecular complexity index is 1500. The van der Waals surface area contributed by atoms with E-state index in [0.717, 1.165) is 22.3 Å². The van der Waals surface area contributed by atoms with Gasteiger partial charge in [0.05, 0.1) is 26.4 Å². The third-order valence-electron chi connectivity index (χ3n) is 8.68. The maximum Gasteiger partial charge on any atom is 0.165 e. The van der Waals surface area contributed by atoms with Crippen LogP contribution in [0, 0.1) is 0 Å². The van der Waals surface area contributed by atoms with Gasteiger partial charge in [0.2, 0.25) is 0 Å². The Hall–Kier alpha value is -4.24. The monoisotopic (exact) mass is 686 g/mol. The molecule has 4 atom stereocenters. The van der Waals surface area contributed by atoms with E-state index in [-0.39, 0.29) is 24.4 Å². The SMILES string of the molecule is c1cc(OOCC2CO2)ccc1CC(c1ccc(OOCC2CO2)cc1)(c1ccc(OOCC2CO2)cc1)c1ccc(OOCC2CO2)cc1. The van der Waals surface area contributed by atoms with Crippen LogP contribution in [-0.4, -0.2) is 77.3 Å². The van der Waals surface area contributed by atoms with E-state index in [0.29, 0.717) is 82.3 Å². The molecule has 0 spiro atoms. The summed E-state index contributed by atoms with van der Waals surface area (Å²) in [5.74, 6) is 2.36. The summed E-state index contributed by atoms with van der Waals surface area (Å²) in [5, 5.41) is 0. The molecule has 262 valence electrons. The van der Waals surface area contributed by atoms with E-state index < -0.39 is 5.41 Å². The second kappa shape index (κ2) is 15.3. The maximum absolute atomic E-state index is 5.57. The summed E-state index contributed by atoms with van der Waals surface area (Å²) >= 11 is 0. The van der Waals surface area contributed by atoms with Gasteiger partial charge in [0.1, 0.15) is 50.8 Å². The molecule has 4 aliphatic heterocycles. The molecule has 4 aromatic rings. The van der Waals surface area contributed by atoms with Crippen molar-refractivity contribution in [1.82, 2.24) is 0 Å². The number of epoxide rings is 4. The van der Waals surface area contributed by atoms with E-state index in [1.165, 1.54) is 0 Å². The second-order valence-electron chi connectivity index (χ2n) is 12.6. The highest BCUT2D eigenvalue weighted by Crippen LogP contribution is 2.44. The number of hydrogen-bond acceptors (Lipinski definition) is 12. The molecule has 0 N–H and O–H groups in total. The highest BCUT2D eigenvalue weighted by atomic mass is 17.2. The van der Waals surface area contributed by atoms with Crippen molar-refractivity contribution in [3.63, 3.8) is 0 Å². The second-order valence-corrected chi connectivity index (χ2v) is 12.6. The minimum atomic E-state index is -0.689. The molecule has 4 heterocycles. The Morgan fingerprint density at radius 3 is 0.920 bits per heavy atom. The standard InChI is InChI=1S/C38H38O12/c1-9-30(47-43-22-34-18-39-34)10-2-26(1)17-38(27-3-11-31(12-4-27)48-44-23-35-19-40-35,28-5-13-32(14-6-28)49-45-24-36-20-41-36)29-7-15-33(16-8-29)50-46-25-37-21-42-37/h1-16,34-37H,17-25H2. The molecule has 4 fully saturated rings. The summed E-state index contributed by atoms with van der Waals surface area (Å²) in [6.07, 6.45) is 0.978. The summed E-state index contributed by atoms with van der Waals surface area (Å²) in [5.41, 5.74) is 3.45. The lowest BCUT2D eigenvalue weighted by Gasteiger charge is -2.36. The van der Waals surface area contributed by atoms with Crippen molar-refractivity contribution in [2.75, 3.05) is 52.9 Å². The average molecular weight is 687 g/mol. The van der Waals surface area contributed by atoms with Crippen LogP contribution in [0.25, 0.3) is 0 Å². The van der Waals surface area contributed by atoms with Crippen molar-refractivity contribution >= 4 is 0 Å². The Morgan fingerprint density at radius 2 is 0.660 bits per heavy atom. The Kier molecular flexibility index (Phi) is 10.1. The van der Waals surface area contributed by atoms with Gasteiger partial charge in [-0.3, -0.25) is 0 Å². The fourth-order valence-corrected chi connectivity index (χ4v) is 5.53. The highest BCUT2D eigenvalue weighted by molar-refractivity contribution is 5.54. The van der Waals surface area contributed by atoms with Gasteiger partial charge in [0.25, 0.3) is 0 Å². The van der Waals surface area contributed by atoms with Gasteiger partial charge in [0, 0.05) is 5.41 Å². The molecule has 0 amide bonds. The molecule has 0 saturated carbocycles. The third-order valence-corrected chi connectivity index (χ3v) is 8.68. The van der Waals surface area contributed by atoms with Crippen LogP contribution in [0.1, 0.15) is 22.3 Å². The predicted molar refractivity (Wildman–Crippen MR) is 175 cm³/mol. The molecule has 8 rings (SSSR count). The van der Waals surface area contributed by atoms with Crippen LogP contribution in [-0.2, 0) is 50.3 Å². The van der Waals surface area contributed by atoms with Gasteiger partial charge in [0.15, 0.2) is 23.0 Å². The molecule has 12 nitrogen and oxygen atoms in total. The minimum absolute atomic E-state index is 0.0938. The molecule has 4 aromatic carbocycles. The van der Waals surface area contributed by atoms with Crippen molar-refractivity contribution in [2.24, 2.45) is 0 Å². The van der Waals surface area contributed by atoms with Gasteiger partial charge < -0.3 is 38.5 Å². The van der Waals surface area contributed by atoms with E-state index in [1.807, 2.05) is 60.7 Å². The molecule has 12 heteroatoms. The fraction of sp³-hybridized carbons (Fsp3) is 0.368. The zero-order valence-electron chi connectivity index (χ0n) is 27.3. The molecule has 0 aromatic heterocycles. The van der Waals surface area contributed by atoms with Gasteiger partial charge in [-0.2, -0.15) is 19.6 Å². The average Bonchev–Trinajstić information content (AvgIpc) is 3.95. The van der Waals surface area contributed by atoms with Crippen molar-refractivity contribution < 1.29 is 58.0 Å². The minimum Gasteiger partial charge on any atom is -0.370 e. The topological polar surface area (TPSA) is 124 Å². The molecule has 4 aliphatic rings. The van der Waals surface area contributed by atoms with Crippen LogP contribution in [0.2, 0.25) is 0 Å². The lowest BCUT2D eigenvalue weighted by Crippen LogP contribution is -2.32. The molecule has 4 unspecified atom stereocenters. The molecule has 50 heavy (non-hydrogen) atoms. The molecule has 0 aliphatic carbocycles. The number of benzene rings is 4. The first-order valence-electron chi connectivity index (χ1n) is 16.7. The number of rotatable bonds is 21. The zero-order chi connectivity index (χ0) is 33.6. The van der Waals surface area contributed by atoms with Crippen LogP contribution in [0.15, 0.2) is 97.1 Å². The summed E-state index contributed by atoms with van der Waals surface area (Å²) in [4.78, 5) is 43.8. The predicted octanol–water partition coefficient (Wildman–Crippen LogP) is 5.10. The van der Waals surface area contributed by atoms with Crippen LogP contribution < -0.4 is 19.6 Å². The van der Waals surface area contributed by atoms with Crippen LogP contribution >= 0.6 is 0 Å². The summed E-state index contributed by atoms with van der Waals surface area (Å²) in [7, 11) is 0. The molecule has 0 radical (unpaired) electrons. The first kappa shape index (κ1) is 32.9. The maximum atomic E-state index is 5.57. The van der Waals surface area contributed by atoms with E-state index in [1.54, 1.807) is 0 Å². The van der Waals surface area contributed by atoms with Crippen LogP contribution in [0.3, 0.4) is 0 Å². The molecule has 4 saturated heterocycles. The Balaban J connectivity index is 1.11. The van der Waals surface area contributed by atoms with Gasteiger partial charge in [-0.25, -0.2) is 0 Å². The first-order valence-corrected chi connectivity index (χ1v) is 16.7. The lowest BCUT2D eigenvalue weighted by molar-refractivity contribution is -0.209. The summed E-state index contributed by atoms with van der Waals surface area (Å²) < 4.78 is 20.9. The van der Waals surface area contributed by atoms with E-state index in [2.05, 4.69) is 36.4 Å². The normalized spacial score (nSPS) is 22.6. The van der Waals surface area contributed by atoms with Crippen molar-refractivity contribution in [2.45, 2.75) is 36.3 Å². The largest absolute Gasteiger partial charge is 0.370 e. The highest BCUT2D eigenvalue weighted by Gasteiger charge is 2.37. The quantitative estimate of drug-likeness (QED) is 0.0502. The van der Waals surface area contributed by atoms with E-state index in [4.69, 9.17) is 58.0 Å². The first-order chi connectivity index (χ1) is 24.7. The van der Waals surface area contributed by atoms with Gasteiger partial charge >= 0.3 is 0 Å². The van der Waals surface area contributed by atoms with Crippen molar-refractivity contribution in [3.05, 3.63) is 119 Å². The Labute approximate surface area is 289 Å². The van der Waals surface area contributed by atoms with Gasteiger partial charge in [-0.1, -0.05) is 48.5 Å². The van der Waals surface area contributed by atoms with E-state index in [9.17, 15) is 0 Å². The Morgan fingerprint density at radius 1 is 0.400 bits per heavy atom. The molecular formula is C38H38O12.